The SMILES string of the molecule is CN1CCC(CN(C)c2ccc(C(=O)O)cc2Br)C1. The molecule has 1 aromatic carbocycles. The molecule has 4 nitrogen and oxygen atoms in total. The fourth-order valence-electron chi connectivity index (χ4n) is 2.61. The van der Waals surface area contributed by atoms with E-state index in [1.165, 1.54) is 6.42 Å². The standard InChI is InChI=1S/C14H19BrN2O2/c1-16-6-5-10(8-16)9-17(2)13-4-3-11(14(18)19)7-12(13)15/h3-4,7,10H,5-6,8-9H2,1-2H3,(H,18,19). The summed E-state index contributed by atoms with van der Waals surface area (Å²) in [5.41, 5.74) is 1.35. The first-order valence-electron chi connectivity index (χ1n) is 6.40. The van der Waals surface area contributed by atoms with Gasteiger partial charge in [0.25, 0.3) is 0 Å². The average molecular weight is 327 g/mol. The first kappa shape index (κ1) is 14.3. The lowest BCUT2D eigenvalue weighted by atomic mass is 10.1. The van der Waals surface area contributed by atoms with Crippen LogP contribution in [0.25, 0.3) is 0 Å². The van der Waals surface area contributed by atoms with Crippen molar-refractivity contribution in [2.75, 3.05) is 38.6 Å². The molecule has 0 radical (unpaired) electrons. The first-order valence-corrected chi connectivity index (χ1v) is 7.19. The molecule has 104 valence electrons. The third kappa shape index (κ3) is 3.48. The van der Waals surface area contributed by atoms with Crippen LogP contribution in [0.15, 0.2) is 22.7 Å². The van der Waals surface area contributed by atoms with Gasteiger partial charge in [-0.25, -0.2) is 4.79 Å². The Bertz CT molecular complexity index is 479. The molecule has 1 N–H and O–H groups in total. The Balaban J connectivity index is 2.06. The molecule has 0 aliphatic carbocycles. The molecule has 0 saturated carbocycles. The minimum absolute atomic E-state index is 0.310. The van der Waals surface area contributed by atoms with Gasteiger partial charge in [-0.2, -0.15) is 0 Å². The maximum absolute atomic E-state index is 10.9. The number of aromatic carboxylic acids is 1. The summed E-state index contributed by atoms with van der Waals surface area (Å²) >= 11 is 3.46. The molecule has 1 unspecified atom stereocenters. The molecule has 0 bridgehead atoms. The number of benzene rings is 1. The van der Waals surface area contributed by atoms with Crippen molar-refractivity contribution in [3.63, 3.8) is 0 Å². The monoisotopic (exact) mass is 326 g/mol. The topological polar surface area (TPSA) is 43.8 Å². The van der Waals surface area contributed by atoms with Crippen molar-refractivity contribution in [3.05, 3.63) is 28.2 Å². The third-order valence-corrected chi connectivity index (χ3v) is 4.26. The zero-order valence-electron chi connectivity index (χ0n) is 11.3. The van der Waals surface area contributed by atoms with E-state index in [0.29, 0.717) is 11.5 Å². The minimum Gasteiger partial charge on any atom is -0.478 e. The van der Waals surface area contributed by atoms with Crippen molar-refractivity contribution in [1.82, 2.24) is 4.90 Å². The predicted molar refractivity (Wildman–Crippen MR) is 80.0 cm³/mol. The largest absolute Gasteiger partial charge is 0.478 e. The second-order valence-corrected chi connectivity index (χ2v) is 6.12. The second kappa shape index (κ2) is 5.92. The van der Waals surface area contributed by atoms with E-state index in [2.05, 4.69) is 39.8 Å². The van der Waals surface area contributed by atoms with Gasteiger partial charge in [0.05, 0.1) is 11.3 Å². The highest BCUT2D eigenvalue weighted by Crippen LogP contribution is 2.28. The summed E-state index contributed by atoms with van der Waals surface area (Å²) in [5, 5.41) is 8.96. The molecule has 1 fully saturated rings. The summed E-state index contributed by atoms with van der Waals surface area (Å²) in [5.74, 6) is -0.214. The predicted octanol–water partition coefficient (Wildman–Crippen LogP) is 2.54. The fraction of sp³-hybridized carbons (Fsp3) is 0.500. The van der Waals surface area contributed by atoms with Crippen LogP contribution in [0.4, 0.5) is 5.69 Å². The molecule has 1 heterocycles. The molecule has 1 atom stereocenters. The molecular weight excluding hydrogens is 308 g/mol. The van der Waals surface area contributed by atoms with E-state index in [9.17, 15) is 4.79 Å². The van der Waals surface area contributed by atoms with Gasteiger partial charge in [-0.1, -0.05) is 0 Å². The highest BCUT2D eigenvalue weighted by atomic mass is 79.9. The molecule has 1 saturated heterocycles. The van der Waals surface area contributed by atoms with Gasteiger partial charge >= 0.3 is 5.97 Å². The Hall–Kier alpha value is -1.07. The molecule has 5 heteroatoms. The van der Waals surface area contributed by atoms with Crippen LogP contribution in [0.1, 0.15) is 16.8 Å². The maximum Gasteiger partial charge on any atom is 0.335 e. The van der Waals surface area contributed by atoms with Crippen LogP contribution < -0.4 is 4.90 Å². The van der Waals surface area contributed by atoms with Gasteiger partial charge in [-0.3, -0.25) is 0 Å². The number of anilines is 1. The lowest BCUT2D eigenvalue weighted by Gasteiger charge is -2.24. The third-order valence-electron chi connectivity index (χ3n) is 3.63. The number of nitrogens with zero attached hydrogens (tertiary/aromatic N) is 2. The number of carboxylic acids is 1. The number of likely N-dealkylation sites (tertiary alicyclic amines) is 1. The highest BCUT2D eigenvalue weighted by Gasteiger charge is 2.21. The van der Waals surface area contributed by atoms with Crippen LogP contribution in [0, 0.1) is 5.92 Å². The Morgan fingerprint density at radius 3 is 2.84 bits per heavy atom. The summed E-state index contributed by atoms with van der Waals surface area (Å²) < 4.78 is 0.834. The van der Waals surface area contributed by atoms with Gasteiger partial charge in [0.1, 0.15) is 0 Å². The zero-order chi connectivity index (χ0) is 14.0. The van der Waals surface area contributed by atoms with E-state index in [0.717, 1.165) is 29.8 Å². The maximum atomic E-state index is 10.9. The number of carbonyl (C=O) groups is 1. The molecule has 1 aromatic rings. The van der Waals surface area contributed by atoms with Crippen molar-refractivity contribution in [2.45, 2.75) is 6.42 Å². The number of hydrogen-bond acceptors (Lipinski definition) is 3. The Morgan fingerprint density at radius 1 is 1.58 bits per heavy atom. The molecule has 0 aromatic heterocycles. The second-order valence-electron chi connectivity index (χ2n) is 5.27. The molecule has 0 amide bonds. The van der Waals surface area contributed by atoms with Crippen LogP contribution in [0.2, 0.25) is 0 Å². The smallest absolute Gasteiger partial charge is 0.335 e. The van der Waals surface area contributed by atoms with E-state index in [-0.39, 0.29) is 0 Å². The van der Waals surface area contributed by atoms with Crippen molar-refractivity contribution in [2.24, 2.45) is 5.92 Å². The highest BCUT2D eigenvalue weighted by molar-refractivity contribution is 9.10. The number of hydrogen-bond donors (Lipinski definition) is 1. The van der Waals surface area contributed by atoms with E-state index < -0.39 is 5.97 Å². The van der Waals surface area contributed by atoms with Crippen LogP contribution in [0.3, 0.4) is 0 Å². The number of carboxylic acid groups (broad SMARTS) is 1. The van der Waals surface area contributed by atoms with E-state index in [1.54, 1.807) is 12.1 Å². The molecule has 0 spiro atoms. The van der Waals surface area contributed by atoms with Crippen LogP contribution in [-0.2, 0) is 0 Å². The van der Waals surface area contributed by atoms with Crippen molar-refractivity contribution in [1.29, 1.82) is 0 Å². The van der Waals surface area contributed by atoms with Crippen LogP contribution >= 0.6 is 15.9 Å². The summed E-state index contributed by atoms with van der Waals surface area (Å²) in [6.07, 6.45) is 1.23. The number of halogens is 1. The molecule has 1 aliphatic heterocycles. The van der Waals surface area contributed by atoms with E-state index in [4.69, 9.17) is 5.11 Å². The Labute approximate surface area is 122 Å². The van der Waals surface area contributed by atoms with Crippen LogP contribution in [-0.4, -0.2) is 49.7 Å². The number of rotatable bonds is 4. The van der Waals surface area contributed by atoms with Crippen molar-refractivity contribution in [3.8, 4) is 0 Å². The van der Waals surface area contributed by atoms with Gasteiger partial charge in [0.2, 0.25) is 0 Å². The normalized spacial score (nSPS) is 19.6. The average Bonchev–Trinajstić information content (AvgIpc) is 2.74. The van der Waals surface area contributed by atoms with Crippen LogP contribution in [0.5, 0.6) is 0 Å². The van der Waals surface area contributed by atoms with E-state index in [1.807, 2.05) is 6.07 Å². The Morgan fingerprint density at radius 2 is 2.32 bits per heavy atom. The molecule has 19 heavy (non-hydrogen) atoms. The Kier molecular flexibility index (Phi) is 4.47. The summed E-state index contributed by atoms with van der Waals surface area (Å²) in [7, 11) is 4.20. The van der Waals surface area contributed by atoms with Gasteiger partial charge in [-0.15, -0.1) is 0 Å². The minimum atomic E-state index is -0.896. The quantitative estimate of drug-likeness (QED) is 0.923. The summed E-state index contributed by atoms with van der Waals surface area (Å²) in [6, 6.07) is 5.18. The molecule has 2 rings (SSSR count). The summed E-state index contributed by atoms with van der Waals surface area (Å²) in [6.45, 7) is 3.29. The zero-order valence-corrected chi connectivity index (χ0v) is 12.9. The van der Waals surface area contributed by atoms with E-state index >= 15 is 0 Å². The van der Waals surface area contributed by atoms with Crippen molar-refractivity contribution >= 4 is 27.6 Å². The lowest BCUT2D eigenvalue weighted by Crippen LogP contribution is -2.27. The molecular formula is C14H19BrN2O2. The molecule has 1 aliphatic rings. The first-order chi connectivity index (χ1) is 8.97. The fourth-order valence-corrected chi connectivity index (χ4v) is 3.29. The van der Waals surface area contributed by atoms with Gasteiger partial charge in [-0.05, 0) is 60.1 Å². The lowest BCUT2D eigenvalue weighted by molar-refractivity contribution is 0.0697. The van der Waals surface area contributed by atoms with Gasteiger partial charge in [0, 0.05) is 24.6 Å². The van der Waals surface area contributed by atoms with Crippen molar-refractivity contribution < 1.29 is 9.90 Å². The summed E-state index contributed by atoms with van der Waals surface area (Å²) in [4.78, 5) is 15.5. The van der Waals surface area contributed by atoms with Gasteiger partial charge in [0.15, 0.2) is 0 Å². The van der Waals surface area contributed by atoms with Gasteiger partial charge < -0.3 is 14.9 Å².